The van der Waals surface area contributed by atoms with E-state index >= 15 is 4.39 Å². The van der Waals surface area contributed by atoms with E-state index in [1.807, 2.05) is 39.0 Å². The first kappa shape index (κ1) is 30.1. The molecule has 3 heterocycles. The number of anilines is 1. The highest BCUT2D eigenvalue weighted by molar-refractivity contribution is 5.99. The lowest BCUT2D eigenvalue weighted by molar-refractivity contribution is -0.128. The molecule has 10 nitrogen and oxygen atoms in total. The zero-order valence-corrected chi connectivity index (χ0v) is 24.1. The van der Waals surface area contributed by atoms with Crippen molar-refractivity contribution in [1.29, 1.82) is 5.26 Å². The van der Waals surface area contributed by atoms with Gasteiger partial charge < -0.3 is 20.5 Å². The van der Waals surface area contributed by atoms with Gasteiger partial charge in [0.2, 0.25) is 0 Å². The Labute approximate surface area is 243 Å². The summed E-state index contributed by atoms with van der Waals surface area (Å²) in [5.74, 6) is 0.273. The maximum atomic E-state index is 15.5. The Hall–Kier alpha value is -4.82. The second kappa shape index (κ2) is 12.8. The SMILES string of the molecule is CC(C)(C)/C=C(\C#N)C(=O)N1CCCC(n2nc(-c3ccc(Oc4ccccc4)cc3F)c3c(N)ncnc32)C1.CO. The number of para-hydroxylation sites is 1. The fourth-order valence-electron chi connectivity index (χ4n) is 4.90. The molecular weight excluding hydrogens is 537 g/mol. The molecule has 1 fully saturated rings. The van der Waals surface area contributed by atoms with Crippen LogP contribution in [0.25, 0.3) is 22.3 Å². The summed E-state index contributed by atoms with van der Waals surface area (Å²) in [5.41, 5.74) is 7.05. The van der Waals surface area contributed by atoms with Crippen LogP contribution in [0.1, 0.15) is 39.7 Å². The van der Waals surface area contributed by atoms with E-state index in [4.69, 9.17) is 20.7 Å². The molecule has 0 bridgehead atoms. The Morgan fingerprint density at radius 2 is 1.90 bits per heavy atom. The molecule has 0 aliphatic carbocycles. The van der Waals surface area contributed by atoms with Crippen molar-refractivity contribution in [2.45, 2.75) is 39.7 Å². The third-order valence-electron chi connectivity index (χ3n) is 6.65. The highest BCUT2D eigenvalue weighted by Crippen LogP contribution is 2.36. The summed E-state index contributed by atoms with van der Waals surface area (Å²) < 4.78 is 23.0. The number of hydrogen-bond acceptors (Lipinski definition) is 8. The molecule has 1 amide bonds. The molecule has 0 saturated carbocycles. The van der Waals surface area contributed by atoms with Crippen molar-refractivity contribution in [2.24, 2.45) is 5.41 Å². The zero-order chi connectivity index (χ0) is 30.4. The molecule has 2 aromatic heterocycles. The maximum absolute atomic E-state index is 15.5. The predicted molar refractivity (Wildman–Crippen MR) is 158 cm³/mol. The quantitative estimate of drug-likeness (QED) is 0.243. The van der Waals surface area contributed by atoms with Crippen molar-refractivity contribution in [1.82, 2.24) is 24.6 Å². The number of amides is 1. The van der Waals surface area contributed by atoms with E-state index in [0.717, 1.165) is 13.5 Å². The monoisotopic (exact) mass is 571 g/mol. The Balaban J connectivity index is 0.00000198. The Morgan fingerprint density at radius 3 is 2.57 bits per heavy atom. The number of ether oxygens (including phenoxy) is 1. The molecular formula is C31H34FN7O3. The number of nitrogen functional groups attached to an aromatic ring is 1. The first-order valence-corrected chi connectivity index (χ1v) is 13.5. The van der Waals surface area contributed by atoms with Crippen LogP contribution in [0.15, 0.2) is 66.5 Å². The maximum Gasteiger partial charge on any atom is 0.264 e. The van der Waals surface area contributed by atoms with Gasteiger partial charge in [-0.15, -0.1) is 0 Å². The van der Waals surface area contributed by atoms with E-state index in [9.17, 15) is 10.1 Å². The number of carbonyl (C=O) groups excluding carboxylic acids is 1. The van der Waals surface area contributed by atoms with Crippen molar-refractivity contribution in [3.63, 3.8) is 0 Å². The van der Waals surface area contributed by atoms with E-state index < -0.39 is 5.82 Å². The van der Waals surface area contributed by atoms with Crippen LogP contribution >= 0.6 is 0 Å². The van der Waals surface area contributed by atoms with Crippen LogP contribution in [-0.2, 0) is 4.79 Å². The molecule has 5 rings (SSSR count). The van der Waals surface area contributed by atoms with Gasteiger partial charge in [0.1, 0.15) is 46.8 Å². The summed E-state index contributed by atoms with van der Waals surface area (Å²) in [6.07, 6.45) is 4.48. The normalized spacial score (nSPS) is 15.5. The zero-order valence-electron chi connectivity index (χ0n) is 24.1. The number of fused-ring (bicyclic) bond motifs is 1. The number of piperidine rings is 1. The van der Waals surface area contributed by atoms with Gasteiger partial charge in [0.05, 0.1) is 11.4 Å². The fourth-order valence-corrected chi connectivity index (χ4v) is 4.90. The van der Waals surface area contributed by atoms with Crippen LogP contribution in [0.5, 0.6) is 11.5 Å². The second-order valence-electron chi connectivity index (χ2n) is 10.9. The van der Waals surface area contributed by atoms with E-state index in [-0.39, 0.29) is 34.3 Å². The molecule has 4 aromatic rings. The molecule has 0 radical (unpaired) electrons. The molecule has 3 N–H and O–H groups in total. The number of carbonyl (C=O) groups is 1. The van der Waals surface area contributed by atoms with Crippen LogP contribution in [-0.4, -0.2) is 55.9 Å². The number of nitrogens with zero attached hydrogens (tertiary/aromatic N) is 6. The minimum absolute atomic E-state index is 0.116. The molecule has 218 valence electrons. The van der Waals surface area contributed by atoms with Crippen LogP contribution in [0.3, 0.4) is 0 Å². The Morgan fingerprint density at radius 1 is 1.17 bits per heavy atom. The topological polar surface area (TPSA) is 143 Å². The molecule has 1 atom stereocenters. The van der Waals surface area contributed by atoms with Crippen molar-refractivity contribution in [2.75, 3.05) is 25.9 Å². The number of halogens is 1. The summed E-state index contributed by atoms with van der Waals surface area (Å²) in [5, 5.41) is 21.9. The molecule has 2 aromatic carbocycles. The summed E-state index contributed by atoms with van der Waals surface area (Å²) in [6.45, 7) is 6.68. The number of aromatic nitrogens is 4. The molecule has 1 saturated heterocycles. The van der Waals surface area contributed by atoms with Crippen molar-refractivity contribution >= 4 is 22.8 Å². The largest absolute Gasteiger partial charge is 0.457 e. The third kappa shape index (κ3) is 6.56. The lowest BCUT2D eigenvalue weighted by Crippen LogP contribution is -2.41. The van der Waals surface area contributed by atoms with Crippen molar-refractivity contribution in [3.05, 3.63) is 72.3 Å². The standard InChI is InChI=1S/C30H30FN7O2.CH4O/c1-30(2,3)15-19(16-32)29(39)37-13-7-8-20(17-37)38-28-25(27(33)34-18-35-28)26(36-38)23-12-11-22(14-24(23)31)40-21-9-5-4-6-10-21;1-2/h4-6,9-12,14-15,18,20H,7-8,13,17H2,1-3H3,(H2,33,34,35);2H,1H3/b19-15+;. The fraction of sp³-hybridized carbons (Fsp3) is 0.323. The number of aliphatic hydroxyl groups excluding tert-OH is 1. The number of benzene rings is 2. The lowest BCUT2D eigenvalue weighted by atomic mass is 9.93. The van der Waals surface area contributed by atoms with Crippen molar-refractivity contribution in [3.8, 4) is 28.8 Å². The van der Waals surface area contributed by atoms with Gasteiger partial charge >= 0.3 is 0 Å². The number of likely N-dealkylation sites (tertiary alicyclic amines) is 1. The summed E-state index contributed by atoms with van der Waals surface area (Å²) in [6, 6.07) is 15.5. The van der Waals surface area contributed by atoms with Gasteiger partial charge in [-0.2, -0.15) is 10.4 Å². The van der Waals surface area contributed by atoms with Gasteiger partial charge in [-0.05, 0) is 42.5 Å². The number of nitriles is 1. The summed E-state index contributed by atoms with van der Waals surface area (Å²) >= 11 is 0. The second-order valence-corrected chi connectivity index (χ2v) is 10.9. The number of rotatable bonds is 5. The number of allylic oxidation sites excluding steroid dienone is 1. The van der Waals surface area contributed by atoms with Crippen LogP contribution < -0.4 is 10.5 Å². The molecule has 1 aliphatic rings. The highest BCUT2D eigenvalue weighted by Gasteiger charge is 2.31. The minimum atomic E-state index is -0.533. The number of hydrogen-bond donors (Lipinski definition) is 2. The Bertz CT molecular complexity index is 1640. The average molecular weight is 572 g/mol. The molecule has 1 aliphatic heterocycles. The van der Waals surface area contributed by atoms with E-state index in [2.05, 4.69) is 16.0 Å². The molecule has 0 spiro atoms. The molecule has 42 heavy (non-hydrogen) atoms. The number of aliphatic hydroxyl groups is 1. The molecule has 11 heteroatoms. The first-order chi connectivity index (χ1) is 20.1. The summed E-state index contributed by atoms with van der Waals surface area (Å²) in [7, 11) is 1.00. The van der Waals surface area contributed by atoms with Crippen LogP contribution in [0, 0.1) is 22.6 Å². The van der Waals surface area contributed by atoms with Gasteiger partial charge in [-0.1, -0.05) is 45.0 Å². The van der Waals surface area contributed by atoms with E-state index in [1.165, 1.54) is 12.4 Å². The van der Waals surface area contributed by atoms with E-state index in [0.29, 0.717) is 47.7 Å². The average Bonchev–Trinajstić information content (AvgIpc) is 3.37. The highest BCUT2D eigenvalue weighted by atomic mass is 19.1. The smallest absolute Gasteiger partial charge is 0.264 e. The summed E-state index contributed by atoms with van der Waals surface area (Å²) in [4.78, 5) is 23.5. The van der Waals surface area contributed by atoms with Gasteiger partial charge in [0.25, 0.3) is 5.91 Å². The lowest BCUT2D eigenvalue weighted by Gasteiger charge is -2.33. The van der Waals surface area contributed by atoms with Crippen LogP contribution in [0.4, 0.5) is 10.2 Å². The number of nitrogens with two attached hydrogens (primary N) is 1. The van der Waals surface area contributed by atoms with Crippen molar-refractivity contribution < 1.29 is 19.0 Å². The van der Waals surface area contributed by atoms with Gasteiger partial charge in [0, 0.05) is 31.8 Å². The first-order valence-electron chi connectivity index (χ1n) is 13.5. The third-order valence-corrected chi connectivity index (χ3v) is 6.65. The van der Waals surface area contributed by atoms with Gasteiger partial charge in [-0.3, -0.25) is 4.79 Å². The minimum Gasteiger partial charge on any atom is -0.457 e. The van der Waals surface area contributed by atoms with Crippen LogP contribution in [0.2, 0.25) is 0 Å². The Kier molecular flexibility index (Phi) is 9.18. The van der Waals surface area contributed by atoms with Gasteiger partial charge in [0.15, 0.2) is 5.65 Å². The van der Waals surface area contributed by atoms with E-state index in [1.54, 1.807) is 39.9 Å². The van der Waals surface area contributed by atoms with Gasteiger partial charge in [-0.25, -0.2) is 19.0 Å². The molecule has 1 unspecified atom stereocenters. The predicted octanol–water partition coefficient (Wildman–Crippen LogP) is 5.27.